The van der Waals surface area contributed by atoms with Crippen LogP contribution < -0.4 is 5.32 Å². The standard InChI is InChI=1S/C10H21NO2S/c1-5-6-9(2)10(3)11-7-8-14(4,12)13/h5,9-11H,1,6-8H2,2-4H3/t9-,10+/m1/s1. The summed E-state index contributed by atoms with van der Waals surface area (Å²) in [4.78, 5) is 0. The Morgan fingerprint density at radius 3 is 2.43 bits per heavy atom. The summed E-state index contributed by atoms with van der Waals surface area (Å²) in [7, 11) is -2.84. The Morgan fingerprint density at radius 2 is 2.00 bits per heavy atom. The van der Waals surface area contributed by atoms with E-state index in [9.17, 15) is 8.42 Å². The fourth-order valence-corrected chi connectivity index (χ4v) is 1.63. The Labute approximate surface area is 87.5 Å². The fourth-order valence-electron chi connectivity index (χ4n) is 1.14. The van der Waals surface area contributed by atoms with Crippen LogP contribution in [0.25, 0.3) is 0 Å². The zero-order valence-corrected chi connectivity index (χ0v) is 10.1. The molecule has 0 aromatic carbocycles. The van der Waals surface area contributed by atoms with Gasteiger partial charge in [-0.05, 0) is 19.3 Å². The molecule has 1 N–H and O–H groups in total. The average molecular weight is 219 g/mol. The molecule has 0 unspecified atom stereocenters. The topological polar surface area (TPSA) is 46.2 Å². The van der Waals surface area contributed by atoms with E-state index in [4.69, 9.17) is 0 Å². The molecule has 0 amide bonds. The molecule has 0 saturated carbocycles. The van der Waals surface area contributed by atoms with Gasteiger partial charge in [0.25, 0.3) is 0 Å². The van der Waals surface area contributed by atoms with Crippen molar-refractivity contribution in [3.05, 3.63) is 12.7 Å². The molecule has 0 bridgehead atoms. The maximum absolute atomic E-state index is 10.9. The van der Waals surface area contributed by atoms with E-state index in [0.717, 1.165) is 6.42 Å². The number of nitrogens with one attached hydrogen (secondary N) is 1. The average Bonchev–Trinajstić information content (AvgIpc) is 2.02. The van der Waals surface area contributed by atoms with Crippen molar-refractivity contribution in [3.8, 4) is 0 Å². The normalized spacial score (nSPS) is 16.2. The molecular formula is C10H21NO2S. The molecule has 0 aromatic rings. The van der Waals surface area contributed by atoms with Crippen molar-refractivity contribution in [3.63, 3.8) is 0 Å². The van der Waals surface area contributed by atoms with Gasteiger partial charge < -0.3 is 5.32 Å². The summed E-state index contributed by atoms with van der Waals surface area (Å²) in [6, 6.07) is 0.328. The van der Waals surface area contributed by atoms with E-state index in [1.165, 1.54) is 6.26 Å². The summed E-state index contributed by atoms with van der Waals surface area (Å²) in [5.74, 6) is 0.699. The first kappa shape index (κ1) is 13.7. The minimum atomic E-state index is -2.84. The van der Waals surface area contributed by atoms with Crippen molar-refractivity contribution in [2.45, 2.75) is 26.3 Å². The second-order valence-corrected chi connectivity index (χ2v) is 6.13. The van der Waals surface area contributed by atoms with Gasteiger partial charge >= 0.3 is 0 Å². The molecule has 14 heavy (non-hydrogen) atoms. The predicted molar refractivity (Wildman–Crippen MR) is 61.2 cm³/mol. The van der Waals surface area contributed by atoms with Crippen LogP contribution >= 0.6 is 0 Å². The van der Waals surface area contributed by atoms with Crippen LogP contribution in [0, 0.1) is 5.92 Å². The van der Waals surface area contributed by atoms with Crippen LogP contribution in [0.2, 0.25) is 0 Å². The zero-order chi connectivity index (χ0) is 11.2. The molecule has 0 spiro atoms. The monoisotopic (exact) mass is 219 g/mol. The Balaban J connectivity index is 3.73. The second kappa shape index (κ2) is 6.19. The lowest BCUT2D eigenvalue weighted by Crippen LogP contribution is -2.35. The van der Waals surface area contributed by atoms with Crippen LogP contribution in [-0.4, -0.2) is 33.0 Å². The minimum absolute atomic E-state index is 0.206. The first-order valence-corrected chi connectivity index (χ1v) is 6.95. The third kappa shape index (κ3) is 7.09. The van der Waals surface area contributed by atoms with Gasteiger partial charge in [-0.2, -0.15) is 0 Å². The van der Waals surface area contributed by atoms with Gasteiger partial charge in [0.1, 0.15) is 9.84 Å². The van der Waals surface area contributed by atoms with Crippen LogP contribution in [0.5, 0.6) is 0 Å². The molecule has 0 saturated heterocycles. The molecule has 2 atom stereocenters. The lowest BCUT2D eigenvalue weighted by atomic mass is 10.0. The molecule has 0 fully saturated rings. The molecule has 0 heterocycles. The molecule has 4 heteroatoms. The van der Waals surface area contributed by atoms with Crippen molar-refractivity contribution in [2.75, 3.05) is 18.6 Å². The van der Waals surface area contributed by atoms with Gasteiger partial charge in [0.15, 0.2) is 0 Å². The van der Waals surface area contributed by atoms with E-state index in [2.05, 4.69) is 25.7 Å². The van der Waals surface area contributed by atoms with Crippen LogP contribution in [0.15, 0.2) is 12.7 Å². The van der Waals surface area contributed by atoms with Gasteiger partial charge in [-0.1, -0.05) is 13.0 Å². The van der Waals surface area contributed by atoms with Crippen LogP contribution in [0.1, 0.15) is 20.3 Å². The molecule has 0 aliphatic carbocycles. The predicted octanol–water partition coefficient (Wildman–Crippen LogP) is 1.22. The number of rotatable bonds is 7. The first-order chi connectivity index (χ1) is 6.37. The van der Waals surface area contributed by atoms with Crippen LogP contribution in [0.4, 0.5) is 0 Å². The maximum Gasteiger partial charge on any atom is 0.148 e. The lowest BCUT2D eigenvalue weighted by Gasteiger charge is -2.19. The molecule has 0 aliphatic rings. The van der Waals surface area contributed by atoms with E-state index in [1.807, 2.05) is 6.08 Å². The van der Waals surface area contributed by atoms with E-state index in [1.54, 1.807) is 0 Å². The lowest BCUT2D eigenvalue weighted by molar-refractivity contribution is 0.412. The van der Waals surface area contributed by atoms with Crippen molar-refractivity contribution >= 4 is 9.84 Å². The highest BCUT2D eigenvalue weighted by atomic mass is 32.2. The highest BCUT2D eigenvalue weighted by Gasteiger charge is 2.10. The number of allylic oxidation sites excluding steroid dienone is 1. The highest BCUT2D eigenvalue weighted by molar-refractivity contribution is 7.90. The van der Waals surface area contributed by atoms with Gasteiger partial charge in [0, 0.05) is 18.8 Å². The van der Waals surface area contributed by atoms with Crippen molar-refractivity contribution in [2.24, 2.45) is 5.92 Å². The summed E-state index contributed by atoms with van der Waals surface area (Å²) >= 11 is 0. The number of sulfone groups is 1. The summed E-state index contributed by atoms with van der Waals surface area (Å²) in [6.45, 7) is 8.40. The van der Waals surface area contributed by atoms with Gasteiger partial charge in [0.05, 0.1) is 5.75 Å². The molecule has 3 nitrogen and oxygen atoms in total. The van der Waals surface area contributed by atoms with Gasteiger partial charge in [-0.15, -0.1) is 6.58 Å². The summed E-state index contributed by atoms with van der Waals surface area (Å²) in [5, 5.41) is 3.20. The molecule has 0 aromatic heterocycles. The van der Waals surface area contributed by atoms with E-state index in [-0.39, 0.29) is 5.75 Å². The summed E-state index contributed by atoms with van der Waals surface area (Å²) in [6.07, 6.45) is 4.10. The van der Waals surface area contributed by atoms with E-state index < -0.39 is 9.84 Å². The highest BCUT2D eigenvalue weighted by Crippen LogP contribution is 2.07. The molecule has 84 valence electrons. The minimum Gasteiger partial charge on any atom is -0.313 e. The summed E-state index contributed by atoms with van der Waals surface area (Å²) in [5.41, 5.74) is 0. The first-order valence-electron chi connectivity index (χ1n) is 4.89. The Bertz CT molecular complexity index is 259. The number of hydrogen-bond donors (Lipinski definition) is 1. The van der Waals surface area contributed by atoms with Crippen LogP contribution in [-0.2, 0) is 9.84 Å². The SMILES string of the molecule is C=CC[C@@H](C)[C@H](C)NCCS(C)(=O)=O. The van der Waals surface area contributed by atoms with E-state index >= 15 is 0 Å². The van der Waals surface area contributed by atoms with Gasteiger partial charge in [-0.25, -0.2) is 8.42 Å². The van der Waals surface area contributed by atoms with Gasteiger partial charge in [-0.3, -0.25) is 0 Å². The Kier molecular flexibility index (Phi) is 6.04. The third-order valence-electron chi connectivity index (χ3n) is 2.33. The summed E-state index contributed by atoms with van der Waals surface area (Å²) < 4.78 is 21.7. The fraction of sp³-hybridized carbons (Fsp3) is 0.800. The molecular weight excluding hydrogens is 198 g/mol. The van der Waals surface area contributed by atoms with Crippen molar-refractivity contribution < 1.29 is 8.42 Å². The van der Waals surface area contributed by atoms with Crippen molar-refractivity contribution in [1.82, 2.24) is 5.32 Å². The quantitative estimate of drug-likeness (QED) is 0.655. The smallest absolute Gasteiger partial charge is 0.148 e. The Morgan fingerprint density at radius 1 is 1.43 bits per heavy atom. The maximum atomic E-state index is 10.9. The van der Waals surface area contributed by atoms with Crippen molar-refractivity contribution in [1.29, 1.82) is 0 Å². The molecule has 0 rings (SSSR count). The van der Waals surface area contributed by atoms with Crippen LogP contribution in [0.3, 0.4) is 0 Å². The second-order valence-electron chi connectivity index (χ2n) is 3.87. The molecule has 0 aliphatic heterocycles. The third-order valence-corrected chi connectivity index (χ3v) is 3.28. The largest absolute Gasteiger partial charge is 0.313 e. The zero-order valence-electron chi connectivity index (χ0n) is 9.29. The molecule has 0 radical (unpaired) electrons. The Hall–Kier alpha value is -0.350. The number of hydrogen-bond acceptors (Lipinski definition) is 3. The van der Waals surface area contributed by atoms with Gasteiger partial charge in [0.2, 0.25) is 0 Å². The van der Waals surface area contributed by atoms with E-state index in [0.29, 0.717) is 18.5 Å².